The standard InChI is InChI=1S/C20H24N6O2.CH2O2/c1-14-5-3-8-25-13-16(23-18(14)25)11-22-20(28)26-9-4-6-15(12-26)17(27)19-21-7-10-24(19)2;2-1-3/h3,5,7-8,10,13,15H,4,6,9,11-12H2,1-2H3,(H,22,28);1H,(H,2,3). The van der Waals surface area contributed by atoms with E-state index in [1.54, 1.807) is 21.9 Å². The number of carboxylic acid groups (broad SMARTS) is 1. The molecule has 10 heteroatoms. The van der Waals surface area contributed by atoms with Crippen LogP contribution in [0.5, 0.6) is 0 Å². The number of piperidine rings is 1. The Bertz CT molecular complexity index is 1070. The summed E-state index contributed by atoms with van der Waals surface area (Å²) in [4.78, 5) is 44.1. The van der Waals surface area contributed by atoms with Gasteiger partial charge in [0.25, 0.3) is 6.47 Å². The predicted octanol–water partition coefficient (Wildman–Crippen LogP) is 1.88. The van der Waals surface area contributed by atoms with Crippen molar-refractivity contribution in [3.63, 3.8) is 0 Å². The molecular weight excluding hydrogens is 400 g/mol. The number of aromatic nitrogens is 4. The lowest BCUT2D eigenvalue weighted by Gasteiger charge is -2.31. The van der Waals surface area contributed by atoms with Gasteiger partial charge < -0.3 is 24.3 Å². The van der Waals surface area contributed by atoms with E-state index in [0.29, 0.717) is 25.5 Å². The topological polar surface area (TPSA) is 122 Å². The average molecular weight is 426 g/mol. The molecule has 1 unspecified atom stereocenters. The van der Waals surface area contributed by atoms with Crippen LogP contribution >= 0.6 is 0 Å². The fourth-order valence-corrected chi connectivity index (χ4v) is 3.73. The summed E-state index contributed by atoms with van der Waals surface area (Å²) in [7, 11) is 1.81. The van der Waals surface area contributed by atoms with Crippen LogP contribution in [0, 0.1) is 12.8 Å². The van der Waals surface area contributed by atoms with Crippen molar-refractivity contribution in [3.8, 4) is 0 Å². The fraction of sp³-hybridized carbons (Fsp3) is 0.381. The maximum atomic E-state index is 12.7. The lowest BCUT2D eigenvalue weighted by molar-refractivity contribution is -0.122. The van der Waals surface area contributed by atoms with Crippen LogP contribution in [0.25, 0.3) is 5.65 Å². The number of amides is 2. The molecule has 4 rings (SSSR count). The second kappa shape index (κ2) is 9.88. The number of imidazole rings is 2. The highest BCUT2D eigenvalue weighted by Crippen LogP contribution is 2.20. The third-order valence-corrected chi connectivity index (χ3v) is 5.27. The van der Waals surface area contributed by atoms with Gasteiger partial charge in [0, 0.05) is 50.8 Å². The molecule has 31 heavy (non-hydrogen) atoms. The van der Waals surface area contributed by atoms with Crippen LogP contribution in [0.1, 0.15) is 34.7 Å². The molecule has 4 heterocycles. The van der Waals surface area contributed by atoms with Gasteiger partial charge in [0.1, 0.15) is 5.65 Å². The Hall–Kier alpha value is -3.69. The summed E-state index contributed by atoms with van der Waals surface area (Å²) in [6.45, 7) is 3.19. The monoisotopic (exact) mass is 426 g/mol. The number of nitrogens with one attached hydrogen (secondary N) is 1. The van der Waals surface area contributed by atoms with Gasteiger partial charge in [-0.25, -0.2) is 14.8 Å². The van der Waals surface area contributed by atoms with Gasteiger partial charge in [-0.1, -0.05) is 6.07 Å². The van der Waals surface area contributed by atoms with E-state index in [0.717, 1.165) is 29.7 Å². The highest BCUT2D eigenvalue weighted by Gasteiger charge is 2.30. The summed E-state index contributed by atoms with van der Waals surface area (Å²) in [5, 5.41) is 9.82. The fourth-order valence-electron chi connectivity index (χ4n) is 3.73. The molecule has 10 nitrogen and oxygen atoms in total. The Morgan fingerprint density at radius 1 is 1.35 bits per heavy atom. The molecule has 1 saturated heterocycles. The van der Waals surface area contributed by atoms with Crippen molar-refractivity contribution in [3.05, 3.63) is 54.0 Å². The number of pyridine rings is 1. The molecule has 2 amide bonds. The van der Waals surface area contributed by atoms with E-state index < -0.39 is 0 Å². The van der Waals surface area contributed by atoms with Gasteiger partial charge in [-0.3, -0.25) is 9.59 Å². The summed E-state index contributed by atoms with van der Waals surface area (Å²) in [6, 6.07) is 3.82. The van der Waals surface area contributed by atoms with Crippen molar-refractivity contribution in [2.24, 2.45) is 13.0 Å². The van der Waals surface area contributed by atoms with Crippen molar-refractivity contribution >= 4 is 23.9 Å². The van der Waals surface area contributed by atoms with E-state index in [-0.39, 0.29) is 24.2 Å². The van der Waals surface area contributed by atoms with Gasteiger partial charge in [0.15, 0.2) is 5.82 Å². The summed E-state index contributed by atoms with van der Waals surface area (Å²) >= 11 is 0. The highest BCUT2D eigenvalue weighted by molar-refractivity contribution is 5.95. The van der Waals surface area contributed by atoms with Gasteiger partial charge in [0.2, 0.25) is 5.78 Å². The molecule has 1 aliphatic heterocycles. The number of nitrogens with zero attached hydrogens (tertiary/aromatic N) is 5. The number of rotatable bonds is 4. The molecule has 3 aromatic rings. The smallest absolute Gasteiger partial charge is 0.317 e. The number of likely N-dealkylation sites (tertiary alicyclic amines) is 1. The molecule has 0 bridgehead atoms. The first-order valence-electron chi connectivity index (χ1n) is 10.00. The van der Waals surface area contributed by atoms with E-state index >= 15 is 0 Å². The minimum Gasteiger partial charge on any atom is -0.483 e. The number of carbonyl (C=O) groups excluding carboxylic acids is 2. The normalized spacial score (nSPS) is 15.8. The number of urea groups is 1. The van der Waals surface area contributed by atoms with Crippen LogP contribution in [0.4, 0.5) is 4.79 Å². The predicted molar refractivity (Wildman–Crippen MR) is 113 cm³/mol. The van der Waals surface area contributed by atoms with Crippen molar-refractivity contribution in [1.29, 1.82) is 0 Å². The Balaban J connectivity index is 0.000000858. The molecule has 0 aliphatic carbocycles. The van der Waals surface area contributed by atoms with Crippen LogP contribution in [0.2, 0.25) is 0 Å². The molecule has 2 N–H and O–H groups in total. The molecule has 0 spiro atoms. The molecule has 1 fully saturated rings. The maximum Gasteiger partial charge on any atom is 0.317 e. The second-order valence-corrected chi connectivity index (χ2v) is 7.43. The third kappa shape index (κ3) is 5.08. The summed E-state index contributed by atoms with van der Waals surface area (Å²) in [6.07, 6.45) is 8.84. The SMILES string of the molecule is Cc1cccn2cc(CNC(=O)N3CCCC(C(=O)c4nccn4C)C3)nc12.O=CO. The van der Waals surface area contributed by atoms with E-state index in [9.17, 15) is 9.59 Å². The quantitative estimate of drug-likeness (QED) is 0.485. The number of hydrogen-bond acceptors (Lipinski definition) is 5. The second-order valence-electron chi connectivity index (χ2n) is 7.43. The summed E-state index contributed by atoms with van der Waals surface area (Å²) in [5.41, 5.74) is 2.79. The van der Waals surface area contributed by atoms with Crippen molar-refractivity contribution in [2.75, 3.05) is 13.1 Å². The van der Waals surface area contributed by atoms with Crippen molar-refractivity contribution in [2.45, 2.75) is 26.3 Å². The van der Waals surface area contributed by atoms with Crippen molar-refractivity contribution in [1.82, 2.24) is 29.2 Å². The molecule has 0 saturated carbocycles. The zero-order chi connectivity index (χ0) is 22.4. The maximum absolute atomic E-state index is 12.7. The van der Waals surface area contributed by atoms with Gasteiger partial charge in [-0.05, 0) is 31.4 Å². The Morgan fingerprint density at radius 3 is 2.81 bits per heavy atom. The molecular formula is C21H26N6O4. The van der Waals surface area contributed by atoms with Crippen LogP contribution in [-0.4, -0.2) is 60.3 Å². The largest absolute Gasteiger partial charge is 0.483 e. The first-order valence-corrected chi connectivity index (χ1v) is 10.00. The van der Waals surface area contributed by atoms with Crippen molar-refractivity contribution < 1.29 is 19.5 Å². The lowest BCUT2D eigenvalue weighted by Crippen LogP contribution is -2.47. The Labute approximate surface area is 179 Å². The number of hydrogen-bond donors (Lipinski definition) is 2. The average Bonchev–Trinajstić information content (AvgIpc) is 3.39. The molecule has 1 aliphatic rings. The molecule has 1 atom stereocenters. The Kier molecular flexibility index (Phi) is 7.01. The third-order valence-electron chi connectivity index (χ3n) is 5.27. The van der Waals surface area contributed by atoms with Crippen LogP contribution in [0.15, 0.2) is 36.9 Å². The van der Waals surface area contributed by atoms with E-state index in [4.69, 9.17) is 9.90 Å². The van der Waals surface area contributed by atoms with Gasteiger partial charge in [0.05, 0.1) is 12.2 Å². The first kappa shape index (κ1) is 22.0. The summed E-state index contributed by atoms with van der Waals surface area (Å²) < 4.78 is 3.69. The molecule has 3 aromatic heterocycles. The molecule has 164 valence electrons. The van der Waals surface area contributed by atoms with Gasteiger partial charge >= 0.3 is 6.03 Å². The van der Waals surface area contributed by atoms with Gasteiger partial charge in [-0.2, -0.15) is 0 Å². The Morgan fingerprint density at radius 2 is 2.13 bits per heavy atom. The van der Waals surface area contributed by atoms with Crippen LogP contribution in [0.3, 0.4) is 0 Å². The first-order chi connectivity index (χ1) is 14.9. The van der Waals surface area contributed by atoms with Crippen LogP contribution in [-0.2, 0) is 18.4 Å². The highest BCUT2D eigenvalue weighted by atomic mass is 16.3. The van der Waals surface area contributed by atoms with Crippen LogP contribution < -0.4 is 5.32 Å². The zero-order valence-corrected chi connectivity index (χ0v) is 17.6. The lowest BCUT2D eigenvalue weighted by atomic mass is 9.93. The van der Waals surface area contributed by atoms with E-state index in [1.807, 2.05) is 42.9 Å². The number of Topliss-reactive ketones (excluding diaryl/α,β-unsaturated/α-hetero) is 1. The molecule has 0 radical (unpaired) electrons. The van der Waals surface area contributed by atoms with E-state index in [2.05, 4.69) is 15.3 Å². The minimum atomic E-state index is -0.250. The minimum absolute atomic E-state index is 0.000765. The number of aryl methyl sites for hydroxylation is 2. The number of ketones is 1. The zero-order valence-electron chi connectivity index (χ0n) is 17.6. The molecule has 0 aromatic carbocycles. The van der Waals surface area contributed by atoms with E-state index in [1.165, 1.54) is 0 Å². The van der Waals surface area contributed by atoms with Gasteiger partial charge in [-0.15, -0.1) is 0 Å². The number of fused-ring (bicyclic) bond motifs is 1. The number of carbonyl (C=O) groups is 3. The summed E-state index contributed by atoms with van der Waals surface area (Å²) in [5.74, 6) is 0.242.